The molecule has 2 amide bonds. The normalized spacial score (nSPS) is 11.1. The standard InChI is InChI=1S/C14H17ClN2O2/c1-11-5-4-6-12(9-11)10-17(13(15)7-8-18)14(19)16(2)3/h4-9H,10H2,1-3H3/b13-7-. The number of urea groups is 1. The van der Waals surface area contributed by atoms with E-state index in [1.807, 2.05) is 31.2 Å². The lowest BCUT2D eigenvalue weighted by Gasteiger charge is -2.25. The summed E-state index contributed by atoms with van der Waals surface area (Å²) in [6.07, 6.45) is 1.73. The summed E-state index contributed by atoms with van der Waals surface area (Å²) >= 11 is 5.98. The molecule has 0 aliphatic carbocycles. The Morgan fingerprint density at radius 2 is 2.05 bits per heavy atom. The lowest BCUT2D eigenvalue weighted by Crippen LogP contribution is -2.37. The van der Waals surface area contributed by atoms with E-state index in [9.17, 15) is 9.59 Å². The number of hydrogen-bond acceptors (Lipinski definition) is 2. The molecule has 0 fully saturated rings. The summed E-state index contributed by atoms with van der Waals surface area (Å²) in [4.78, 5) is 25.3. The summed E-state index contributed by atoms with van der Waals surface area (Å²) in [7, 11) is 3.27. The van der Waals surface area contributed by atoms with Crippen molar-refractivity contribution in [2.45, 2.75) is 13.5 Å². The van der Waals surface area contributed by atoms with Crippen LogP contribution in [0.3, 0.4) is 0 Å². The number of halogens is 1. The summed E-state index contributed by atoms with van der Waals surface area (Å²) < 4.78 is 0. The smallest absolute Gasteiger partial charge is 0.324 e. The van der Waals surface area contributed by atoms with Crippen LogP contribution in [0.5, 0.6) is 0 Å². The minimum absolute atomic E-state index is 0.107. The lowest BCUT2D eigenvalue weighted by molar-refractivity contribution is -0.104. The molecule has 19 heavy (non-hydrogen) atoms. The summed E-state index contributed by atoms with van der Waals surface area (Å²) in [5.41, 5.74) is 2.05. The number of allylic oxidation sites excluding steroid dienone is 1. The van der Waals surface area contributed by atoms with Crippen LogP contribution in [0.4, 0.5) is 4.79 Å². The van der Waals surface area contributed by atoms with Crippen molar-refractivity contribution in [3.63, 3.8) is 0 Å². The maximum atomic E-state index is 12.1. The van der Waals surface area contributed by atoms with Gasteiger partial charge in [-0.25, -0.2) is 4.79 Å². The number of amides is 2. The first-order valence-corrected chi connectivity index (χ1v) is 6.19. The van der Waals surface area contributed by atoms with E-state index in [1.165, 1.54) is 15.9 Å². The van der Waals surface area contributed by atoms with Gasteiger partial charge < -0.3 is 4.90 Å². The van der Waals surface area contributed by atoms with Crippen molar-refractivity contribution >= 4 is 23.9 Å². The third-order valence-electron chi connectivity index (χ3n) is 2.50. The molecule has 0 aromatic heterocycles. The quantitative estimate of drug-likeness (QED) is 0.483. The molecular weight excluding hydrogens is 264 g/mol. The fourth-order valence-corrected chi connectivity index (χ4v) is 1.80. The van der Waals surface area contributed by atoms with Gasteiger partial charge in [0.05, 0.1) is 6.54 Å². The second-order valence-corrected chi connectivity index (χ2v) is 4.76. The number of aryl methyl sites for hydroxylation is 1. The number of carbonyl (C=O) groups is 2. The molecule has 102 valence electrons. The SMILES string of the molecule is Cc1cccc(CN(C(=O)N(C)C)/C(Cl)=C\C=O)c1. The molecule has 0 aliphatic rings. The van der Waals surface area contributed by atoms with Crippen LogP contribution in [-0.4, -0.2) is 36.2 Å². The second-order valence-electron chi connectivity index (χ2n) is 4.38. The number of benzene rings is 1. The maximum absolute atomic E-state index is 12.1. The van der Waals surface area contributed by atoms with Gasteiger partial charge in [-0.2, -0.15) is 0 Å². The molecule has 0 saturated carbocycles. The first-order chi connectivity index (χ1) is 8.95. The zero-order valence-electron chi connectivity index (χ0n) is 11.3. The van der Waals surface area contributed by atoms with E-state index in [2.05, 4.69) is 0 Å². The summed E-state index contributed by atoms with van der Waals surface area (Å²) in [6.45, 7) is 2.30. The minimum Gasteiger partial charge on any atom is -0.330 e. The first-order valence-electron chi connectivity index (χ1n) is 5.81. The molecule has 5 heteroatoms. The van der Waals surface area contributed by atoms with E-state index >= 15 is 0 Å². The molecule has 0 heterocycles. The molecule has 0 spiro atoms. The molecule has 1 aromatic carbocycles. The van der Waals surface area contributed by atoms with Gasteiger partial charge in [-0.15, -0.1) is 0 Å². The molecule has 0 bridgehead atoms. The molecule has 0 radical (unpaired) electrons. The van der Waals surface area contributed by atoms with E-state index < -0.39 is 0 Å². The van der Waals surface area contributed by atoms with E-state index in [0.717, 1.165) is 11.1 Å². The Bertz CT molecular complexity index is 498. The third-order valence-corrected chi connectivity index (χ3v) is 2.83. The minimum atomic E-state index is -0.274. The highest BCUT2D eigenvalue weighted by molar-refractivity contribution is 6.31. The van der Waals surface area contributed by atoms with Crippen molar-refractivity contribution in [1.29, 1.82) is 0 Å². The van der Waals surface area contributed by atoms with Gasteiger partial charge in [-0.3, -0.25) is 9.69 Å². The lowest BCUT2D eigenvalue weighted by atomic mass is 10.1. The van der Waals surface area contributed by atoms with Crippen LogP contribution in [-0.2, 0) is 11.3 Å². The van der Waals surface area contributed by atoms with Crippen molar-refractivity contribution in [2.75, 3.05) is 14.1 Å². The molecule has 0 unspecified atom stereocenters. The zero-order chi connectivity index (χ0) is 14.4. The predicted molar refractivity (Wildman–Crippen MR) is 75.8 cm³/mol. The Labute approximate surface area is 118 Å². The van der Waals surface area contributed by atoms with Gasteiger partial charge in [-0.1, -0.05) is 41.4 Å². The molecule has 1 rings (SSSR count). The van der Waals surface area contributed by atoms with Gasteiger partial charge in [0.25, 0.3) is 0 Å². The monoisotopic (exact) mass is 280 g/mol. The molecule has 4 nitrogen and oxygen atoms in total. The van der Waals surface area contributed by atoms with Gasteiger partial charge in [0.2, 0.25) is 0 Å². The van der Waals surface area contributed by atoms with Crippen LogP contribution in [0.1, 0.15) is 11.1 Å². The highest BCUT2D eigenvalue weighted by atomic mass is 35.5. The Balaban J connectivity index is 3.01. The fraction of sp³-hybridized carbons (Fsp3) is 0.286. The van der Waals surface area contributed by atoms with Gasteiger partial charge in [0.15, 0.2) is 0 Å². The van der Waals surface area contributed by atoms with Crippen LogP contribution in [0.2, 0.25) is 0 Å². The van der Waals surface area contributed by atoms with Crippen LogP contribution in [0, 0.1) is 6.92 Å². The van der Waals surface area contributed by atoms with Gasteiger partial charge >= 0.3 is 6.03 Å². The first kappa shape index (κ1) is 15.2. The van der Waals surface area contributed by atoms with E-state index in [-0.39, 0.29) is 11.2 Å². The Hall–Kier alpha value is -1.81. The predicted octanol–water partition coefficient (Wildman–Crippen LogP) is 2.76. The number of rotatable bonds is 4. The van der Waals surface area contributed by atoms with Crippen LogP contribution in [0.25, 0.3) is 0 Å². The third kappa shape index (κ3) is 4.41. The number of aldehydes is 1. The van der Waals surface area contributed by atoms with Crippen molar-refractivity contribution in [3.05, 3.63) is 46.6 Å². The maximum Gasteiger partial charge on any atom is 0.324 e. The van der Waals surface area contributed by atoms with Crippen molar-refractivity contribution in [2.24, 2.45) is 0 Å². The van der Waals surface area contributed by atoms with Crippen molar-refractivity contribution < 1.29 is 9.59 Å². The largest absolute Gasteiger partial charge is 0.330 e. The molecule has 0 aliphatic heterocycles. The summed E-state index contributed by atoms with van der Waals surface area (Å²) in [5, 5.41) is 0.107. The number of nitrogens with zero attached hydrogens (tertiary/aromatic N) is 2. The number of hydrogen-bond donors (Lipinski definition) is 0. The van der Waals surface area contributed by atoms with Crippen LogP contribution < -0.4 is 0 Å². The molecular formula is C14H17ClN2O2. The average molecular weight is 281 g/mol. The van der Waals surface area contributed by atoms with Crippen molar-refractivity contribution in [3.8, 4) is 0 Å². The van der Waals surface area contributed by atoms with E-state index in [0.29, 0.717) is 12.8 Å². The molecule has 0 N–H and O–H groups in total. The number of carbonyl (C=O) groups excluding carboxylic acids is 2. The van der Waals surface area contributed by atoms with Crippen LogP contribution >= 0.6 is 11.6 Å². The highest BCUT2D eigenvalue weighted by Gasteiger charge is 2.18. The van der Waals surface area contributed by atoms with Gasteiger partial charge in [-0.05, 0) is 12.5 Å². The second kappa shape index (κ2) is 6.95. The Kier molecular flexibility index (Phi) is 5.57. The molecule has 0 saturated heterocycles. The van der Waals surface area contributed by atoms with Gasteiger partial charge in [0, 0.05) is 20.2 Å². The van der Waals surface area contributed by atoms with Crippen LogP contribution in [0.15, 0.2) is 35.5 Å². The molecule has 0 atom stereocenters. The van der Waals surface area contributed by atoms with E-state index in [4.69, 9.17) is 11.6 Å². The zero-order valence-corrected chi connectivity index (χ0v) is 12.0. The topological polar surface area (TPSA) is 40.6 Å². The highest BCUT2D eigenvalue weighted by Crippen LogP contribution is 2.16. The Morgan fingerprint density at radius 3 is 2.58 bits per heavy atom. The molecule has 1 aromatic rings. The summed E-state index contributed by atoms with van der Waals surface area (Å²) in [5.74, 6) is 0. The Morgan fingerprint density at radius 1 is 1.37 bits per heavy atom. The summed E-state index contributed by atoms with van der Waals surface area (Å²) in [6, 6.07) is 7.50. The van der Waals surface area contributed by atoms with Crippen molar-refractivity contribution in [1.82, 2.24) is 9.80 Å². The van der Waals surface area contributed by atoms with Gasteiger partial charge in [0.1, 0.15) is 11.4 Å². The fourth-order valence-electron chi connectivity index (χ4n) is 1.62. The average Bonchev–Trinajstić information content (AvgIpc) is 2.35. The van der Waals surface area contributed by atoms with E-state index in [1.54, 1.807) is 14.1 Å².